The molecule has 2 unspecified atom stereocenters. The molecule has 1 aliphatic heterocycles. The summed E-state index contributed by atoms with van der Waals surface area (Å²) in [6.45, 7) is 7.13. The van der Waals surface area contributed by atoms with E-state index < -0.39 is 5.82 Å². The average Bonchev–Trinajstić information content (AvgIpc) is 3.79. The fourth-order valence-corrected chi connectivity index (χ4v) is 4.72. The zero-order valence-electron chi connectivity index (χ0n) is 23.6. The highest BCUT2D eigenvalue weighted by atomic mass is 35.5. The van der Waals surface area contributed by atoms with Gasteiger partial charge >= 0.3 is 0 Å². The molecule has 12 heteroatoms. The third-order valence-corrected chi connectivity index (χ3v) is 7.09. The number of carbonyl (C=O) groups excluding carboxylic acids is 1. The molecule has 2 aliphatic rings. The first kappa shape index (κ1) is 30.1. The topological polar surface area (TPSA) is 107 Å². The summed E-state index contributed by atoms with van der Waals surface area (Å²) in [5, 5.41) is 6.76. The number of amides is 1. The number of rotatable bonds is 13. The van der Waals surface area contributed by atoms with Crippen molar-refractivity contribution in [2.75, 3.05) is 50.1 Å². The van der Waals surface area contributed by atoms with Crippen molar-refractivity contribution < 1.29 is 28.1 Å². The van der Waals surface area contributed by atoms with Gasteiger partial charge < -0.3 is 29.6 Å². The Hall–Kier alpha value is -3.35. The van der Waals surface area contributed by atoms with Crippen LogP contribution in [0, 0.1) is 11.7 Å². The highest BCUT2D eigenvalue weighted by Gasteiger charge is 2.28. The predicted molar refractivity (Wildman–Crippen MR) is 159 cm³/mol. The van der Waals surface area contributed by atoms with Gasteiger partial charge in [-0.25, -0.2) is 14.4 Å². The predicted octanol–water partition coefficient (Wildman–Crippen LogP) is 5.51. The zero-order chi connectivity index (χ0) is 29.5. The Morgan fingerprint density at radius 2 is 1.90 bits per heavy atom. The van der Waals surface area contributed by atoms with E-state index in [0.717, 1.165) is 12.8 Å². The van der Waals surface area contributed by atoms with Crippen molar-refractivity contribution >= 4 is 45.6 Å². The quantitative estimate of drug-likeness (QED) is 0.246. The maximum absolute atomic E-state index is 13.7. The SMILES string of the molecule is CCOC1CN(CC=CC(=O)Nc2cc3c(Nc4ccc(F)c(Cl)c4)ncnc3cc2OCC2CC2)CC(OCC)O1. The number of hydrogen-bond acceptors (Lipinski definition) is 9. The Balaban J connectivity index is 1.32. The molecular formula is C30H35ClFN5O5. The molecule has 2 aromatic carbocycles. The van der Waals surface area contributed by atoms with Gasteiger partial charge in [0.2, 0.25) is 5.91 Å². The minimum Gasteiger partial charge on any atom is -0.491 e. The number of anilines is 3. The Morgan fingerprint density at radius 3 is 2.60 bits per heavy atom. The Labute approximate surface area is 249 Å². The lowest BCUT2D eigenvalue weighted by Gasteiger charge is -2.36. The molecule has 2 N–H and O–H groups in total. The van der Waals surface area contributed by atoms with E-state index in [1.165, 1.54) is 24.5 Å². The summed E-state index contributed by atoms with van der Waals surface area (Å²) in [4.78, 5) is 23.9. The largest absolute Gasteiger partial charge is 0.491 e. The number of ether oxygens (including phenoxy) is 4. The van der Waals surface area contributed by atoms with Crippen LogP contribution in [0.4, 0.5) is 21.6 Å². The number of morpholine rings is 1. The fraction of sp³-hybridized carbons (Fsp3) is 0.433. The highest BCUT2D eigenvalue weighted by molar-refractivity contribution is 6.31. The van der Waals surface area contributed by atoms with Crippen molar-refractivity contribution in [3.05, 3.63) is 59.7 Å². The van der Waals surface area contributed by atoms with Crippen LogP contribution in [0.3, 0.4) is 0 Å². The number of benzene rings is 2. The van der Waals surface area contributed by atoms with Crippen molar-refractivity contribution in [3.8, 4) is 5.75 Å². The van der Waals surface area contributed by atoms with Crippen molar-refractivity contribution in [1.29, 1.82) is 0 Å². The van der Waals surface area contributed by atoms with Crippen LogP contribution in [0.5, 0.6) is 5.75 Å². The van der Waals surface area contributed by atoms with E-state index in [1.807, 2.05) is 13.8 Å². The molecule has 10 nitrogen and oxygen atoms in total. The maximum atomic E-state index is 13.7. The third-order valence-electron chi connectivity index (χ3n) is 6.80. The molecule has 0 radical (unpaired) electrons. The summed E-state index contributed by atoms with van der Waals surface area (Å²) in [5.41, 5.74) is 1.68. The molecular weight excluding hydrogens is 565 g/mol. The van der Waals surface area contributed by atoms with Gasteiger partial charge in [-0.3, -0.25) is 9.69 Å². The molecule has 1 saturated heterocycles. The summed E-state index contributed by atoms with van der Waals surface area (Å²) in [5.74, 6) is 0.699. The van der Waals surface area contributed by atoms with Crippen LogP contribution in [-0.2, 0) is 19.0 Å². The van der Waals surface area contributed by atoms with Gasteiger partial charge in [0.1, 0.15) is 23.7 Å². The molecule has 224 valence electrons. The molecule has 5 rings (SSSR count). The molecule has 3 aromatic rings. The number of aromatic nitrogens is 2. The summed E-state index contributed by atoms with van der Waals surface area (Å²) in [6, 6.07) is 7.89. The number of hydrogen-bond donors (Lipinski definition) is 2. The van der Waals surface area contributed by atoms with E-state index in [4.69, 9.17) is 30.5 Å². The summed E-state index contributed by atoms with van der Waals surface area (Å²) < 4.78 is 36.9. The normalized spacial score (nSPS) is 19.3. The highest BCUT2D eigenvalue weighted by Crippen LogP contribution is 2.36. The first-order chi connectivity index (χ1) is 20.4. The lowest BCUT2D eigenvalue weighted by Crippen LogP contribution is -2.49. The van der Waals surface area contributed by atoms with Gasteiger partial charge in [0.15, 0.2) is 12.6 Å². The van der Waals surface area contributed by atoms with Crippen molar-refractivity contribution in [2.24, 2.45) is 5.92 Å². The van der Waals surface area contributed by atoms with Crippen molar-refractivity contribution in [2.45, 2.75) is 39.3 Å². The first-order valence-electron chi connectivity index (χ1n) is 14.1. The standard InChI is InChI=1S/C30H35ClFN5O5/c1-3-39-28-15-37(16-29(42-28)40-4-2)11-5-6-27(38)36-25-13-21-24(14-26(25)41-17-19-7-8-19)33-18-34-30(21)35-20-9-10-23(32)22(31)12-20/h5-6,9-10,12-14,18-19,28-29H,3-4,7-8,11,15-17H2,1-2H3,(H,36,38)(H,33,34,35). The van der Waals surface area contributed by atoms with E-state index in [1.54, 1.807) is 24.3 Å². The van der Waals surface area contributed by atoms with Gasteiger partial charge in [0.25, 0.3) is 0 Å². The number of fused-ring (bicyclic) bond motifs is 1. The third kappa shape index (κ3) is 8.14. The van der Waals surface area contributed by atoms with E-state index in [0.29, 0.717) is 79.2 Å². The molecule has 2 heterocycles. The number of carbonyl (C=O) groups is 1. The second-order valence-corrected chi connectivity index (χ2v) is 10.5. The van der Waals surface area contributed by atoms with Gasteiger partial charge in [-0.1, -0.05) is 17.7 Å². The number of nitrogens with one attached hydrogen (secondary N) is 2. The number of nitrogens with zero attached hydrogens (tertiary/aromatic N) is 3. The Bertz CT molecular complexity index is 1410. The van der Waals surface area contributed by atoms with Gasteiger partial charge in [-0.15, -0.1) is 0 Å². The minimum atomic E-state index is -0.512. The molecule has 0 spiro atoms. The van der Waals surface area contributed by atoms with Gasteiger partial charge in [-0.05, 0) is 56.9 Å². The molecule has 1 amide bonds. The van der Waals surface area contributed by atoms with E-state index >= 15 is 0 Å². The second-order valence-electron chi connectivity index (χ2n) is 10.1. The smallest absolute Gasteiger partial charge is 0.248 e. The lowest BCUT2D eigenvalue weighted by atomic mass is 10.1. The van der Waals surface area contributed by atoms with Crippen LogP contribution in [-0.4, -0.2) is 72.8 Å². The van der Waals surface area contributed by atoms with Crippen LogP contribution in [0.1, 0.15) is 26.7 Å². The summed E-state index contributed by atoms with van der Waals surface area (Å²) >= 11 is 5.96. The molecule has 1 aliphatic carbocycles. The summed E-state index contributed by atoms with van der Waals surface area (Å²) in [7, 11) is 0. The van der Waals surface area contributed by atoms with Crippen LogP contribution >= 0.6 is 11.6 Å². The van der Waals surface area contributed by atoms with Gasteiger partial charge in [-0.2, -0.15) is 0 Å². The Morgan fingerprint density at radius 1 is 1.14 bits per heavy atom. The van der Waals surface area contributed by atoms with Crippen molar-refractivity contribution in [1.82, 2.24) is 14.9 Å². The van der Waals surface area contributed by atoms with Gasteiger partial charge in [0.05, 0.1) is 35.9 Å². The van der Waals surface area contributed by atoms with Crippen LogP contribution in [0.15, 0.2) is 48.8 Å². The number of halogens is 2. The maximum Gasteiger partial charge on any atom is 0.248 e. The first-order valence-corrected chi connectivity index (χ1v) is 14.5. The molecule has 1 aromatic heterocycles. The van der Waals surface area contributed by atoms with Crippen molar-refractivity contribution in [3.63, 3.8) is 0 Å². The average molecular weight is 600 g/mol. The minimum absolute atomic E-state index is 0.00670. The van der Waals surface area contributed by atoms with Crippen LogP contribution < -0.4 is 15.4 Å². The molecule has 2 atom stereocenters. The lowest BCUT2D eigenvalue weighted by molar-refractivity contribution is -0.276. The van der Waals surface area contributed by atoms with Crippen LogP contribution in [0.2, 0.25) is 5.02 Å². The molecule has 1 saturated carbocycles. The zero-order valence-corrected chi connectivity index (χ0v) is 24.4. The monoisotopic (exact) mass is 599 g/mol. The van der Waals surface area contributed by atoms with E-state index in [9.17, 15) is 9.18 Å². The second kappa shape index (κ2) is 14.2. The summed E-state index contributed by atoms with van der Waals surface area (Å²) in [6.07, 6.45) is 6.21. The van der Waals surface area contributed by atoms with Crippen LogP contribution in [0.25, 0.3) is 10.9 Å². The van der Waals surface area contributed by atoms with E-state index in [2.05, 4.69) is 25.5 Å². The molecule has 0 bridgehead atoms. The van der Waals surface area contributed by atoms with Gasteiger partial charge in [0, 0.05) is 43.0 Å². The Kier molecular flexibility index (Phi) is 10.2. The van der Waals surface area contributed by atoms with E-state index in [-0.39, 0.29) is 23.5 Å². The molecule has 42 heavy (non-hydrogen) atoms. The fourth-order valence-electron chi connectivity index (χ4n) is 4.54. The molecule has 2 fully saturated rings.